The van der Waals surface area contributed by atoms with Crippen LogP contribution in [0.15, 0.2) is 182 Å². The van der Waals surface area contributed by atoms with Crippen LogP contribution in [0.5, 0.6) is 0 Å². The lowest BCUT2D eigenvalue weighted by Crippen LogP contribution is -2.11. The van der Waals surface area contributed by atoms with Crippen molar-refractivity contribution >= 4 is 88.0 Å². The molecule has 2 nitrogen and oxygen atoms in total. The van der Waals surface area contributed by atoms with E-state index in [0.717, 1.165) is 22.7 Å². The van der Waals surface area contributed by atoms with Crippen molar-refractivity contribution in [1.29, 1.82) is 0 Å². The fraction of sp³-hybridized carbons (Fsp3) is 0.0400. The van der Waals surface area contributed by atoms with E-state index in [2.05, 4.69) is 206 Å². The van der Waals surface area contributed by atoms with Gasteiger partial charge in [0.05, 0.1) is 11.4 Å². The Morgan fingerprint density at radius 3 is 1.06 bits per heavy atom. The van der Waals surface area contributed by atoms with Crippen LogP contribution in [0.25, 0.3) is 53.9 Å². The van der Waals surface area contributed by atoms with Crippen molar-refractivity contribution < 1.29 is 0 Å². The molecule has 10 aromatic rings. The molecular formula is C50H36N2. The number of hydrogen-bond acceptors (Lipinski definition) is 2. The molecule has 0 spiro atoms. The SMILES string of the molecule is Cc1cccc(N(c2cc3ccc4cc(N(c5cccc(C)c5)c5cccc6ccccc56)cc5ccc(c2)c3c45)c2cccc3ccccc23)c1. The zero-order chi connectivity index (χ0) is 34.8. The summed E-state index contributed by atoms with van der Waals surface area (Å²) in [5.41, 5.74) is 9.41. The van der Waals surface area contributed by atoms with Crippen LogP contribution >= 0.6 is 0 Å². The molecular weight excluding hydrogens is 629 g/mol. The molecule has 0 fully saturated rings. The summed E-state index contributed by atoms with van der Waals surface area (Å²) in [6.07, 6.45) is 0. The van der Waals surface area contributed by atoms with Crippen LogP contribution in [0.1, 0.15) is 11.1 Å². The summed E-state index contributed by atoms with van der Waals surface area (Å²) in [6, 6.07) is 66.9. The molecule has 0 N–H and O–H groups in total. The van der Waals surface area contributed by atoms with Crippen LogP contribution in [-0.2, 0) is 0 Å². The summed E-state index contributed by atoms with van der Waals surface area (Å²) >= 11 is 0. The Morgan fingerprint density at radius 2 is 0.654 bits per heavy atom. The third-order valence-electron chi connectivity index (χ3n) is 10.6. The van der Waals surface area contributed by atoms with Gasteiger partial charge >= 0.3 is 0 Å². The molecule has 0 heterocycles. The highest BCUT2D eigenvalue weighted by Gasteiger charge is 2.21. The van der Waals surface area contributed by atoms with Gasteiger partial charge in [0.2, 0.25) is 0 Å². The predicted molar refractivity (Wildman–Crippen MR) is 224 cm³/mol. The van der Waals surface area contributed by atoms with Crippen LogP contribution in [0.2, 0.25) is 0 Å². The van der Waals surface area contributed by atoms with Gasteiger partial charge in [-0.2, -0.15) is 0 Å². The van der Waals surface area contributed by atoms with Crippen molar-refractivity contribution in [2.45, 2.75) is 13.8 Å². The van der Waals surface area contributed by atoms with Crippen molar-refractivity contribution in [2.24, 2.45) is 0 Å². The fourth-order valence-electron chi connectivity index (χ4n) is 8.26. The fourth-order valence-corrected chi connectivity index (χ4v) is 8.26. The molecule has 2 heteroatoms. The maximum Gasteiger partial charge on any atom is 0.0540 e. The summed E-state index contributed by atoms with van der Waals surface area (Å²) < 4.78 is 0. The van der Waals surface area contributed by atoms with Crippen LogP contribution < -0.4 is 9.80 Å². The van der Waals surface area contributed by atoms with E-state index in [1.165, 1.54) is 76.4 Å². The zero-order valence-electron chi connectivity index (χ0n) is 29.2. The van der Waals surface area contributed by atoms with E-state index in [1.807, 2.05) is 0 Å². The lowest BCUT2D eigenvalue weighted by Gasteiger charge is -2.29. The molecule has 10 rings (SSSR count). The Labute approximate surface area is 303 Å². The molecule has 0 atom stereocenters. The average Bonchev–Trinajstić information content (AvgIpc) is 3.17. The van der Waals surface area contributed by atoms with Crippen molar-refractivity contribution in [1.82, 2.24) is 0 Å². The van der Waals surface area contributed by atoms with Gasteiger partial charge in [-0.1, -0.05) is 121 Å². The van der Waals surface area contributed by atoms with E-state index < -0.39 is 0 Å². The number of anilines is 6. The van der Waals surface area contributed by atoms with Gasteiger partial charge in [0.25, 0.3) is 0 Å². The molecule has 0 unspecified atom stereocenters. The Morgan fingerprint density at radius 1 is 0.288 bits per heavy atom. The minimum atomic E-state index is 1.15. The highest BCUT2D eigenvalue weighted by atomic mass is 15.1. The van der Waals surface area contributed by atoms with E-state index in [1.54, 1.807) is 0 Å². The smallest absolute Gasteiger partial charge is 0.0540 e. The summed E-state index contributed by atoms with van der Waals surface area (Å²) in [4.78, 5) is 4.84. The minimum absolute atomic E-state index is 1.15. The normalized spacial score (nSPS) is 11.7. The second-order valence-electron chi connectivity index (χ2n) is 14.0. The number of rotatable bonds is 6. The van der Waals surface area contributed by atoms with Crippen LogP contribution in [0, 0.1) is 13.8 Å². The predicted octanol–water partition coefficient (Wildman–Crippen LogP) is 14.4. The van der Waals surface area contributed by atoms with Gasteiger partial charge in [-0.15, -0.1) is 0 Å². The van der Waals surface area contributed by atoms with E-state index in [-0.39, 0.29) is 0 Å². The lowest BCUT2D eigenvalue weighted by molar-refractivity contribution is 1.29. The Balaban J connectivity index is 1.18. The van der Waals surface area contributed by atoms with Crippen LogP contribution in [0.4, 0.5) is 34.1 Å². The Kier molecular flexibility index (Phi) is 6.97. The van der Waals surface area contributed by atoms with E-state index in [4.69, 9.17) is 0 Å². The third-order valence-corrected chi connectivity index (χ3v) is 10.6. The molecule has 10 aromatic carbocycles. The highest BCUT2D eigenvalue weighted by Crippen LogP contribution is 2.46. The number of hydrogen-bond donors (Lipinski definition) is 0. The zero-order valence-corrected chi connectivity index (χ0v) is 29.2. The quantitative estimate of drug-likeness (QED) is 0.163. The van der Waals surface area contributed by atoms with Crippen LogP contribution in [0.3, 0.4) is 0 Å². The standard InChI is InChI=1S/C50H36N2/c1-33-11-7-17-41(27-33)51(47-21-9-15-35-13-3-5-19-45(35)47)43-29-37-23-25-39-31-44(32-40-26-24-38(30-43)49(37)50(39)40)52(42-18-8-12-34(2)28-42)48-22-10-16-36-14-4-6-20-46(36)48/h3-32H,1-2H3. The molecule has 0 bridgehead atoms. The first kappa shape index (κ1) is 30.2. The highest BCUT2D eigenvalue weighted by molar-refractivity contribution is 6.25. The molecule has 246 valence electrons. The largest absolute Gasteiger partial charge is 0.310 e. The Hall–Kier alpha value is -6.64. The summed E-state index contributed by atoms with van der Waals surface area (Å²) in [5, 5.41) is 12.5. The molecule has 0 saturated heterocycles. The van der Waals surface area contributed by atoms with Gasteiger partial charge in [0.15, 0.2) is 0 Å². The van der Waals surface area contributed by atoms with Gasteiger partial charge in [-0.3, -0.25) is 0 Å². The minimum Gasteiger partial charge on any atom is -0.310 e. The first-order chi connectivity index (χ1) is 25.6. The topological polar surface area (TPSA) is 6.48 Å². The lowest BCUT2D eigenvalue weighted by atomic mass is 9.92. The van der Waals surface area contributed by atoms with E-state index in [9.17, 15) is 0 Å². The number of benzene rings is 10. The number of fused-ring (bicyclic) bond motifs is 2. The van der Waals surface area contributed by atoms with Crippen LogP contribution in [-0.4, -0.2) is 0 Å². The summed E-state index contributed by atoms with van der Waals surface area (Å²) in [5.74, 6) is 0. The monoisotopic (exact) mass is 664 g/mol. The van der Waals surface area contributed by atoms with Gasteiger partial charge in [0.1, 0.15) is 0 Å². The first-order valence-electron chi connectivity index (χ1n) is 18.0. The molecule has 0 aliphatic carbocycles. The van der Waals surface area contributed by atoms with Gasteiger partial charge in [0, 0.05) is 33.5 Å². The molecule has 0 radical (unpaired) electrons. The average molecular weight is 665 g/mol. The van der Waals surface area contributed by atoms with Gasteiger partial charge < -0.3 is 9.80 Å². The van der Waals surface area contributed by atoms with E-state index in [0.29, 0.717) is 0 Å². The van der Waals surface area contributed by atoms with Crippen molar-refractivity contribution in [3.8, 4) is 0 Å². The van der Waals surface area contributed by atoms with Crippen molar-refractivity contribution in [2.75, 3.05) is 9.80 Å². The Bertz CT molecular complexity index is 2680. The second kappa shape index (κ2) is 12.0. The van der Waals surface area contributed by atoms with Gasteiger partial charge in [-0.25, -0.2) is 0 Å². The van der Waals surface area contributed by atoms with E-state index >= 15 is 0 Å². The maximum atomic E-state index is 2.42. The molecule has 0 aliphatic heterocycles. The van der Waals surface area contributed by atoms with Gasteiger partial charge in [-0.05, 0) is 129 Å². The second-order valence-corrected chi connectivity index (χ2v) is 14.0. The molecule has 0 aliphatic rings. The van der Waals surface area contributed by atoms with Crippen molar-refractivity contribution in [3.05, 3.63) is 193 Å². The van der Waals surface area contributed by atoms with Crippen molar-refractivity contribution in [3.63, 3.8) is 0 Å². The molecule has 52 heavy (non-hydrogen) atoms. The summed E-state index contributed by atoms with van der Waals surface area (Å²) in [6.45, 7) is 4.33. The molecule has 0 aromatic heterocycles. The number of nitrogens with zero attached hydrogens (tertiary/aromatic N) is 2. The third kappa shape index (κ3) is 4.95. The number of aryl methyl sites for hydroxylation is 2. The molecule has 0 amide bonds. The summed E-state index contributed by atoms with van der Waals surface area (Å²) in [7, 11) is 0. The maximum absolute atomic E-state index is 2.42. The molecule has 0 saturated carbocycles. The first-order valence-corrected chi connectivity index (χ1v) is 18.0.